The molecule has 0 aromatic carbocycles. The number of aryl methyl sites for hydroxylation is 1. The van der Waals surface area contributed by atoms with E-state index in [0.717, 1.165) is 24.6 Å². The smallest absolute Gasteiger partial charge is 0.154 e. The summed E-state index contributed by atoms with van der Waals surface area (Å²) in [6.07, 6.45) is 8.87. The summed E-state index contributed by atoms with van der Waals surface area (Å²) in [6.45, 7) is -0.118. The number of aliphatic hydroxyl groups excluding tert-OH is 1. The molecule has 0 saturated heterocycles. The van der Waals surface area contributed by atoms with Crippen molar-refractivity contribution >= 4 is 0 Å². The SMILES string of the molecule is OCn1nnnc1CCC1CCCCC1. The summed E-state index contributed by atoms with van der Waals surface area (Å²) < 4.78 is 1.46. The second-order valence-corrected chi connectivity index (χ2v) is 4.28. The van der Waals surface area contributed by atoms with Crippen LogP contribution in [0.3, 0.4) is 0 Å². The Bertz CT molecular complexity index is 293. The molecule has 0 aliphatic heterocycles. The van der Waals surface area contributed by atoms with Crippen LogP contribution in [-0.4, -0.2) is 25.3 Å². The van der Waals surface area contributed by atoms with Crippen molar-refractivity contribution in [2.75, 3.05) is 0 Å². The third-order valence-electron chi connectivity index (χ3n) is 3.24. The first-order valence-corrected chi connectivity index (χ1v) is 5.76. The average Bonchev–Trinajstić information content (AvgIpc) is 2.75. The van der Waals surface area contributed by atoms with Crippen LogP contribution in [0.5, 0.6) is 0 Å². The van der Waals surface area contributed by atoms with Crippen LogP contribution in [0.25, 0.3) is 0 Å². The van der Waals surface area contributed by atoms with Gasteiger partial charge in [-0.1, -0.05) is 32.1 Å². The molecule has 15 heavy (non-hydrogen) atoms. The van der Waals surface area contributed by atoms with Gasteiger partial charge in [0.05, 0.1) is 0 Å². The topological polar surface area (TPSA) is 63.8 Å². The summed E-state index contributed by atoms with van der Waals surface area (Å²) in [4.78, 5) is 0. The fraction of sp³-hybridized carbons (Fsp3) is 0.900. The van der Waals surface area contributed by atoms with Gasteiger partial charge in [0.25, 0.3) is 0 Å². The average molecular weight is 210 g/mol. The Kier molecular flexibility index (Phi) is 3.66. The Morgan fingerprint density at radius 3 is 2.80 bits per heavy atom. The van der Waals surface area contributed by atoms with E-state index in [1.165, 1.54) is 36.8 Å². The summed E-state index contributed by atoms with van der Waals surface area (Å²) in [6, 6.07) is 0. The van der Waals surface area contributed by atoms with Crippen LogP contribution in [0.4, 0.5) is 0 Å². The van der Waals surface area contributed by atoms with Gasteiger partial charge in [-0.15, -0.1) is 5.10 Å². The van der Waals surface area contributed by atoms with E-state index in [2.05, 4.69) is 15.5 Å². The van der Waals surface area contributed by atoms with Crippen LogP contribution in [-0.2, 0) is 13.2 Å². The van der Waals surface area contributed by atoms with Gasteiger partial charge in [0, 0.05) is 6.42 Å². The lowest BCUT2D eigenvalue weighted by Crippen LogP contribution is -2.10. The predicted octanol–water partition coefficient (Wildman–Crippen LogP) is 1.14. The molecule has 84 valence electrons. The maximum Gasteiger partial charge on any atom is 0.154 e. The van der Waals surface area contributed by atoms with E-state index < -0.39 is 0 Å². The molecule has 1 N–H and O–H groups in total. The van der Waals surface area contributed by atoms with E-state index in [0.29, 0.717) is 0 Å². The number of nitrogens with zero attached hydrogens (tertiary/aromatic N) is 4. The van der Waals surface area contributed by atoms with Gasteiger partial charge in [-0.05, 0) is 22.8 Å². The molecule has 5 nitrogen and oxygen atoms in total. The van der Waals surface area contributed by atoms with E-state index in [-0.39, 0.29) is 6.73 Å². The molecule has 1 fully saturated rings. The van der Waals surface area contributed by atoms with Gasteiger partial charge in [-0.25, -0.2) is 4.68 Å². The molecule has 0 spiro atoms. The Hall–Kier alpha value is -0.970. The van der Waals surface area contributed by atoms with Crippen LogP contribution < -0.4 is 0 Å². The predicted molar refractivity (Wildman–Crippen MR) is 54.9 cm³/mol. The third kappa shape index (κ3) is 2.75. The minimum atomic E-state index is -0.118. The lowest BCUT2D eigenvalue weighted by Gasteiger charge is -2.20. The molecule has 1 heterocycles. The molecule has 2 rings (SSSR count). The Balaban J connectivity index is 1.81. The molecule has 0 bridgehead atoms. The van der Waals surface area contributed by atoms with Crippen molar-refractivity contribution in [1.82, 2.24) is 20.2 Å². The second kappa shape index (κ2) is 5.21. The standard InChI is InChI=1S/C10H18N4O/c15-8-14-10(11-12-13-14)7-6-9-4-2-1-3-5-9/h9,15H,1-8H2. The fourth-order valence-electron chi connectivity index (χ4n) is 2.32. The molecule has 1 aliphatic carbocycles. The Labute approximate surface area is 89.5 Å². The molecule has 1 aromatic rings. The van der Waals surface area contributed by atoms with Gasteiger partial charge in [0.1, 0.15) is 6.73 Å². The van der Waals surface area contributed by atoms with Crippen molar-refractivity contribution in [3.63, 3.8) is 0 Å². The molecule has 0 unspecified atom stereocenters. The lowest BCUT2D eigenvalue weighted by molar-refractivity contribution is 0.187. The van der Waals surface area contributed by atoms with Gasteiger partial charge < -0.3 is 5.11 Å². The molecule has 0 radical (unpaired) electrons. The summed E-state index contributed by atoms with van der Waals surface area (Å²) >= 11 is 0. The number of hydrogen-bond acceptors (Lipinski definition) is 4. The van der Waals surface area contributed by atoms with E-state index in [9.17, 15) is 0 Å². The third-order valence-corrected chi connectivity index (χ3v) is 3.24. The zero-order valence-corrected chi connectivity index (χ0v) is 8.97. The monoisotopic (exact) mass is 210 g/mol. The van der Waals surface area contributed by atoms with Crippen molar-refractivity contribution in [2.24, 2.45) is 5.92 Å². The van der Waals surface area contributed by atoms with Crippen LogP contribution in [0.15, 0.2) is 0 Å². The van der Waals surface area contributed by atoms with E-state index in [1.54, 1.807) is 0 Å². The van der Waals surface area contributed by atoms with Crippen molar-refractivity contribution in [1.29, 1.82) is 0 Å². The van der Waals surface area contributed by atoms with Crippen LogP contribution in [0.2, 0.25) is 0 Å². The normalized spacial score (nSPS) is 18.2. The lowest BCUT2D eigenvalue weighted by atomic mass is 9.86. The van der Waals surface area contributed by atoms with Crippen molar-refractivity contribution in [3.8, 4) is 0 Å². The molecular weight excluding hydrogens is 192 g/mol. The van der Waals surface area contributed by atoms with Crippen LogP contribution in [0.1, 0.15) is 44.3 Å². The van der Waals surface area contributed by atoms with Gasteiger partial charge in [-0.2, -0.15) is 0 Å². The zero-order chi connectivity index (χ0) is 10.5. The first-order chi connectivity index (χ1) is 7.40. The zero-order valence-electron chi connectivity index (χ0n) is 8.97. The highest BCUT2D eigenvalue weighted by molar-refractivity contribution is 4.81. The summed E-state index contributed by atoms with van der Waals surface area (Å²) in [5, 5.41) is 20.1. The first kappa shape index (κ1) is 10.5. The first-order valence-electron chi connectivity index (χ1n) is 5.76. The number of hydrogen-bond donors (Lipinski definition) is 1. The molecule has 1 saturated carbocycles. The molecule has 5 heteroatoms. The highest BCUT2D eigenvalue weighted by atomic mass is 16.3. The van der Waals surface area contributed by atoms with Crippen molar-refractivity contribution in [3.05, 3.63) is 5.82 Å². The summed E-state index contributed by atoms with van der Waals surface area (Å²) in [5.74, 6) is 1.64. The van der Waals surface area contributed by atoms with E-state index in [4.69, 9.17) is 5.11 Å². The molecule has 1 aromatic heterocycles. The van der Waals surface area contributed by atoms with E-state index >= 15 is 0 Å². The fourth-order valence-corrected chi connectivity index (χ4v) is 2.32. The summed E-state index contributed by atoms with van der Waals surface area (Å²) in [7, 11) is 0. The summed E-state index contributed by atoms with van der Waals surface area (Å²) in [5.41, 5.74) is 0. The largest absolute Gasteiger partial charge is 0.374 e. The number of aliphatic hydroxyl groups is 1. The van der Waals surface area contributed by atoms with Gasteiger partial charge >= 0.3 is 0 Å². The Morgan fingerprint density at radius 1 is 1.27 bits per heavy atom. The van der Waals surface area contributed by atoms with Gasteiger partial charge in [-0.3, -0.25) is 0 Å². The van der Waals surface area contributed by atoms with Crippen LogP contribution >= 0.6 is 0 Å². The van der Waals surface area contributed by atoms with Gasteiger partial charge in [0.2, 0.25) is 0 Å². The highest BCUT2D eigenvalue weighted by Gasteiger charge is 2.14. The maximum absolute atomic E-state index is 8.96. The van der Waals surface area contributed by atoms with Gasteiger partial charge in [0.15, 0.2) is 5.82 Å². The van der Waals surface area contributed by atoms with E-state index in [1.807, 2.05) is 0 Å². The highest BCUT2D eigenvalue weighted by Crippen LogP contribution is 2.27. The second-order valence-electron chi connectivity index (χ2n) is 4.28. The molecule has 1 aliphatic rings. The molecular formula is C10H18N4O. The number of tetrazole rings is 1. The maximum atomic E-state index is 8.96. The minimum Gasteiger partial charge on any atom is -0.374 e. The molecule has 0 atom stereocenters. The number of aromatic nitrogens is 4. The Morgan fingerprint density at radius 2 is 2.07 bits per heavy atom. The van der Waals surface area contributed by atoms with Crippen molar-refractivity contribution < 1.29 is 5.11 Å². The molecule has 0 amide bonds. The number of rotatable bonds is 4. The van der Waals surface area contributed by atoms with Crippen LogP contribution in [0, 0.1) is 5.92 Å². The quantitative estimate of drug-likeness (QED) is 0.809. The minimum absolute atomic E-state index is 0.118. The van der Waals surface area contributed by atoms with Crippen molar-refractivity contribution in [2.45, 2.75) is 51.7 Å².